The van der Waals surface area contributed by atoms with E-state index in [2.05, 4.69) is 6.07 Å². The lowest BCUT2D eigenvalue weighted by Crippen LogP contribution is -1.88. The molecule has 0 amide bonds. The minimum atomic E-state index is 0.814. The molecule has 0 spiro atoms. The molecule has 2 N–H and O–H groups in total. The molecule has 72 valence electrons. The molecule has 3 heteroatoms. The molecule has 1 aromatic carbocycles. The average Bonchev–Trinajstić information content (AvgIpc) is 2.57. The molecule has 0 aliphatic rings. The molecule has 0 radical (unpaired) electrons. The number of halogens is 1. The van der Waals surface area contributed by atoms with Gasteiger partial charge in [0.2, 0.25) is 0 Å². The Bertz CT molecular complexity index is 462. The van der Waals surface area contributed by atoms with Gasteiger partial charge in [-0.25, -0.2) is 0 Å². The number of nitrogens with two attached hydrogens (primary N) is 1. The molecule has 0 aliphatic carbocycles. The van der Waals surface area contributed by atoms with Crippen LogP contribution in [0.2, 0.25) is 4.34 Å². The highest BCUT2D eigenvalue weighted by atomic mass is 35.5. The second-order valence-corrected chi connectivity index (χ2v) is 4.89. The fourth-order valence-electron chi connectivity index (χ4n) is 1.30. The Morgan fingerprint density at radius 3 is 2.57 bits per heavy atom. The van der Waals surface area contributed by atoms with E-state index in [1.54, 1.807) is 11.3 Å². The number of aryl methyl sites for hydroxylation is 1. The Morgan fingerprint density at radius 1 is 1.21 bits per heavy atom. The molecule has 0 bridgehead atoms. The quantitative estimate of drug-likeness (QED) is 0.728. The predicted molar refractivity (Wildman–Crippen MR) is 63.9 cm³/mol. The van der Waals surface area contributed by atoms with Crippen molar-refractivity contribution in [2.75, 3.05) is 5.73 Å². The number of anilines is 1. The van der Waals surface area contributed by atoms with Crippen LogP contribution in [0.25, 0.3) is 10.4 Å². The van der Waals surface area contributed by atoms with Crippen LogP contribution in [0.4, 0.5) is 5.69 Å². The molecular weight excluding hydrogens is 214 g/mol. The highest BCUT2D eigenvalue weighted by Gasteiger charge is 2.02. The lowest BCUT2D eigenvalue weighted by molar-refractivity contribution is 1.47. The van der Waals surface area contributed by atoms with Crippen molar-refractivity contribution >= 4 is 28.6 Å². The van der Waals surface area contributed by atoms with Crippen LogP contribution in [-0.4, -0.2) is 0 Å². The zero-order valence-electron chi connectivity index (χ0n) is 7.75. The van der Waals surface area contributed by atoms with Gasteiger partial charge in [-0.15, -0.1) is 11.3 Å². The zero-order chi connectivity index (χ0) is 10.1. The summed E-state index contributed by atoms with van der Waals surface area (Å²) in [6, 6.07) is 9.96. The van der Waals surface area contributed by atoms with Crippen LogP contribution in [-0.2, 0) is 0 Å². The summed E-state index contributed by atoms with van der Waals surface area (Å²) >= 11 is 7.46. The van der Waals surface area contributed by atoms with E-state index in [0.717, 1.165) is 15.6 Å². The molecule has 0 unspecified atom stereocenters. The van der Waals surface area contributed by atoms with Gasteiger partial charge in [-0.2, -0.15) is 0 Å². The smallest absolute Gasteiger partial charge is 0.0934 e. The number of benzene rings is 1. The maximum Gasteiger partial charge on any atom is 0.0934 e. The highest BCUT2D eigenvalue weighted by Crippen LogP contribution is 2.32. The lowest BCUT2D eigenvalue weighted by Gasteiger charge is -2.02. The Kier molecular flexibility index (Phi) is 2.48. The van der Waals surface area contributed by atoms with Crippen LogP contribution in [0.1, 0.15) is 5.56 Å². The number of thiophene rings is 1. The number of hydrogen-bond acceptors (Lipinski definition) is 2. The summed E-state index contributed by atoms with van der Waals surface area (Å²) in [5, 5.41) is 0. The molecule has 14 heavy (non-hydrogen) atoms. The summed E-state index contributed by atoms with van der Waals surface area (Å²) < 4.78 is 0.814. The van der Waals surface area contributed by atoms with Crippen molar-refractivity contribution in [3.8, 4) is 10.4 Å². The molecule has 0 saturated heterocycles. The first-order valence-corrected chi connectivity index (χ1v) is 5.48. The maximum absolute atomic E-state index is 5.88. The molecule has 1 nitrogen and oxygen atoms in total. The Balaban J connectivity index is 2.47. The molecule has 2 aromatic rings. The summed E-state index contributed by atoms with van der Waals surface area (Å²) in [5.41, 5.74) is 8.86. The van der Waals surface area contributed by atoms with Crippen molar-refractivity contribution in [2.45, 2.75) is 6.92 Å². The second kappa shape index (κ2) is 3.64. The van der Waals surface area contributed by atoms with E-state index < -0.39 is 0 Å². The van der Waals surface area contributed by atoms with Crippen LogP contribution in [0.15, 0.2) is 30.3 Å². The van der Waals surface area contributed by atoms with Gasteiger partial charge in [-0.05, 0) is 42.3 Å². The van der Waals surface area contributed by atoms with E-state index >= 15 is 0 Å². The maximum atomic E-state index is 5.88. The van der Waals surface area contributed by atoms with Gasteiger partial charge in [-0.1, -0.05) is 17.7 Å². The third kappa shape index (κ3) is 1.76. The third-order valence-corrected chi connectivity index (χ3v) is 3.41. The monoisotopic (exact) mass is 223 g/mol. The number of hydrogen-bond donors (Lipinski definition) is 1. The lowest BCUT2D eigenvalue weighted by atomic mass is 10.1. The van der Waals surface area contributed by atoms with E-state index in [1.165, 1.54) is 10.4 Å². The Morgan fingerprint density at radius 2 is 2.00 bits per heavy atom. The van der Waals surface area contributed by atoms with Crippen molar-refractivity contribution in [1.29, 1.82) is 0 Å². The molecule has 0 aliphatic heterocycles. The van der Waals surface area contributed by atoms with Crippen LogP contribution >= 0.6 is 22.9 Å². The van der Waals surface area contributed by atoms with Gasteiger partial charge in [0.15, 0.2) is 0 Å². The van der Waals surface area contributed by atoms with Gasteiger partial charge >= 0.3 is 0 Å². The van der Waals surface area contributed by atoms with Gasteiger partial charge in [0.05, 0.1) is 4.34 Å². The van der Waals surface area contributed by atoms with Crippen molar-refractivity contribution in [3.63, 3.8) is 0 Å². The van der Waals surface area contributed by atoms with E-state index in [9.17, 15) is 0 Å². The van der Waals surface area contributed by atoms with Crippen LogP contribution < -0.4 is 5.73 Å². The molecule has 1 heterocycles. The minimum Gasteiger partial charge on any atom is -0.399 e. The van der Waals surface area contributed by atoms with E-state index in [4.69, 9.17) is 17.3 Å². The van der Waals surface area contributed by atoms with Crippen molar-refractivity contribution in [2.24, 2.45) is 0 Å². The van der Waals surface area contributed by atoms with E-state index in [-0.39, 0.29) is 0 Å². The standard InChI is InChI=1S/C11H10ClNS/c1-7-6-8(2-3-9(7)13)10-4-5-11(12)14-10/h2-6H,13H2,1H3. The Labute approximate surface area is 92.1 Å². The van der Waals surface area contributed by atoms with Crippen molar-refractivity contribution < 1.29 is 0 Å². The van der Waals surface area contributed by atoms with E-state index in [1.807, 2.05) is 31.2 Å². The van der Waals surface area contributed by atoms with Gasteiger partial charge in [-0.3, -0.25) is 0 Å². The molecule has 0 saturated carbocycles. The Hall–Kier alpha value is -0.990. The summed E-state index contributed by atoms with van der Waals surface area (Å²) in [4.78, 5) is 1.18. The first-order chi connectivity index (χ1) is 6.66. The number of rotatable bonds is 1. The molecule has 1 aromatic heterocycles. The van der Waals surface area contributed by atoms with Gasteiger partial charge < -0.3 is 5.73 Å². The number of nitrogen functional groups attached to an aromatic ring is 1. The van der Waals surface area contributed by atoms with E-state index in [0.29, 0.717) is 0 Å². The van der Waals surface area contributed by atoms with Crippen LogP contribution in [0.3, 0.4) is 0 Å². The van der Waals surface area contributed by atoms with Gasteiger partial charge in [0.1, 0.15) is 0 Å². The normalized spacial score (nSPS) is 10.4. The van der Waals surface area contributed by atoms with Gasteiger partial charge in [0.25, 0.3) is 0 Å². The van der Waals surface area contributed by atoms with Crippen molar-refractivity contribution in [1.82, 2.24) is 0 Å². The molecule has 0 atom stereocenters. The minimum absolute atomic E-state index is 0.814. The van der Waals surface area contributed by atoms with Crippen LogP contribution in [0, 0.1) is 6.92 Å². The SMILES string of the molecule is Cc1cc(-c2ccc(Cl)s2)ccc1N. The van der Waals surface area contributed by atoms with Crippen LogP contribution in [0.5, 0.6) is 0 Å². The van der Waals surface area contributed by atoms with Crippen molar-refractivity contribution in [3.05, 3.63) is 40.2 Å². The third-order valence-electron chi connectivity index (χ3n) is 2.13. The summed E-state index contributed by atoms with van der Waals surface area (Å²) in [5.74, 6) is 0. The zero-order valence-corrected chi connectivity index (χ0v) is 9.32. The molecule has 0 fully saturated rings. The average molecular weight is 224 g/mol. The molecule has 2 rings (SSSR count). The molecular formula is C11H10ClNS. The first-order valence-electron chi connectivity index (χ1n) is 4.28. The summed E-state index contributed by atoms with van der Waals surface area (Å²) in [6.07, 6.45) is 0. The van der Waals surface area contributed by atoms with Gasteiger partial charge in [0, 0.05) is 10.6 Å². The second-order valence-electron chi connectivity index (χ2n) is 3.18. The fraction of sp³-hybridized carbons (Fsp3) is 0.0909. The first kappa shape index (κ1) is 9.56. The fourth-order valence-corrected chi connectivity index (χ4v) is 2.34. The highest BCUT2D eigenvalue weighted by molar-refractivity contribution is 7.19. The topological polar surface area (TPSA) is 26.0 Å². The largest absolute Gasteiger partial charge is 0.399 e. The predicted octanol–water partition coefficient (Wildman–Crippen LogP) is 3.96. The summed E-state index contributed by atoms with van der Waals surface area (Å²) in [7, 11) is 0. The summed E-state index contributed by atoms with van der Waals surface area (Å²) in [6.45, 7) is 2.01.